The summed E-state index contributed by atoms with van der Waals surface area (Å²) < 4.78 is 8.20. The van der Waals surface area contributed by atoms with Gasteiger partial charge >= 0.3 is 0 Å². The van der Waals surface area contributed by atoms with Crippen molar-refractivity contribution in [3.05, 3.63) is 65.0 Å². The van der Waals surface area contributed by atoms with Crippen LogP contribution in [0.15, 0.2) is 64.3 Å². The maximum absolute atomic E-state index is 6.27. The number of anilines is 1. The zero-order valence-corrected chi connectivity index (χ0v) is 17.8. The second-order valence-electron chi connectivity index (χ2n) is 6.82. The van der Waals surface area contributed by atoms with Crippen molar-refractivity contribution in [3.8, 4) is 11.3 Å². The highest BCUT2D eigenvalue weighted by atomic mass is 79.9. The van der Waals surface area contributed by atoms with E-state index in [0.29, 0.717) is 24.6 Å². The minimum absolute atomic E-state index is 0.213. The average molecular weight is 455 g/mol. The molecule has 0 saturated carbocycles. The summed E-state index contributed by atoms with van der Waals surface area (Å²) in [6.07, 6.45) is 3.48. The van der Waals surface area contributed by atoms with Crippen LogP contribution in [-0.2, 0) is 4.74 Å². The van der Waals surface area contributed by atoms with Gasteiger partial charge in [-0.25, -0.2) is 14.7 Å². The first-order chi connectivity index (χ1) is 14.1. The zero-order chi connectivity index (χ0) is 20.2. The third kappa shape index (κ3) is 4.49. The summed E-state index contributed by atoms with van der Waals surface area (Å²) in [5, 5.41) is 4.72. The number of nitrogen functional groups attached to an aromatic ring is 1. The van der Waals surface area contributed by atoms with E-state index in [1.54, 1.807) is 6.20 Å². The molecule has 3 heterocycles. The van der Waals surface area contributed by atoms with Crippen LogP contribution in [0.3, 0.4) is 0 Å². The molecule has 3 aromatic rings. The highest BCUT2D eigenvalue weighted by Gasteiger charge is 2.21. The van der Waals surface area contributed by atoms with E-state index in [1.807, 2.05) is 60.3 Å². The third-order valence-corrected chi connectivity index (χ3v) is 5.21. The molecule has 1 aliphatic heterocycles. The van der Waals surface area contributed by atoms with Crippen molar-refractivity contribution in [1.82, 2.24) is 19.7 Å². The molecule has 8 heteroatoms. The summed E-state index contributed by atoms with van der Waals surface area (Å²) in [7, 11) is 0. The normalized spacial score (nSPS) is 16.1. The quantitative estimate of drug-likeness (QED) is 0.481. The Kier molecular flexibility index (Phi) is 5.92. The molecule has 7 nitrogen and oxygen atoms in total. The summed E-state index contributed by atoms with van der Waals surface area (Å²) in [6, 6.07) is 14.0. The van der Waals surface area contributed by atoms with Gasteiger partial charge in [0.05, 0.1) is 24.6 Å². The number of nitrogens with zero attached hydrogens (tertiary/aromatic N) is 5. The Morgan fingerprint density at radius 1 is 1.21 bits per heavy atom. The van der Waals surface area contributed by atoms with Crippen molar-refractivity contribution in [2.75, 3.05) is 32.0 Å². The van der Waals surface area contributed by atoms with Gasteiger partial charge in [-0.05, 0) is 35.0 Å². The number of aromatic nitrogens is 3. The van der Waals surface area contributed by atoms with Crippen LogP contribution in [-0.4, -0.2) is 51.8 Å². The molecular formula is C21H23BrN6O. The molecule has 0 aliphatic carbocycles. The summed E-state index contributed by atoms with van der Waals surface area (Å²) in [4.78, 5) is 11.7. The summed E-state index contributed by atoms with van der Waals surface area (Å²) in [5.41, 5.74) is 9.53. The number of nitrogens with two attached hydrogens (primary N) is 1. The van der Waals surface area contributed by atoms with Crippen LogP contribution in [0.1, 0.15) is 18.8 Å². The molecule has 0 radical (unpaired) electrons. The van der Waals surface area contributed by atoms with Gasteiger partial charge in [0.1, 0.15) is 11.9 Å². The molecule has 1 unspecified atom stereocenters. The highest BCUT2D eigenvalue weighted by molar-refractivity contribution is 9.10. The van der Waals surface area contributed by atoms with Crippen LogP contribution in [0.5, 0.6) is 0 Å². The molecule has 150 valence electrons. The van der Waals surface area contributed by atoms with Gasteiger partial charge in [0.25, 0.3) is 0 Å². The molecule has 1 atom stereocenters. The van der Waals surface area contributed by atoms with E-state index in [-0.39, 0.29) is 6.17 Å². The van der Waals surface area contributed by atoms with E-state index in [2.05, 4.69) is 25.8 Å². The van der Waals surface area contributed by atoms with Crippen LogP contribution < -0.4 is 5.73 Å². The lowest BCUT2D eigenvalue weighted by Gasteiger charge is -2.30. The van der Waals surface area contributed by atoms with Crippen molar-refractivity contribution >= 4 is 27.5 Å². The maximum Gasteiger partial charge on any atom is 0.154 e. The molecule has 0 amide bonds. The van der Waals surface area contributed by atoms with Crippen molar-refractivity contribution in [1.29, 1.82) is 0 Å². The molecule has 1 saturated heterocycles. The largest absolute Gasteiger partial charge is 0.397 e. The van der Waals surface area contributed by atoms with E-state index >= 15 is 0 Å². The first kappa shape index (κ1) is 19.6. The Balaban J connectivity index is 1.67. The maximum atomic E-state index is 6.27. The van der Waals surface area contributed by atoms with Crippen molar-refractivity contribution in [3.63, 3.8) is 0 Å². The molecule has 1 aliphatic rings. The standard InChI is InChI=1S/C21H23BrN6O/c1-15(28-8-7-19(26-28)16-5-3-2-4-6-16)25-21(27-9-11-29-12-10-27)20-18(23)13-17(22)14-24-20/h2-8,13-15H,9-12,23H2,1H3/b25-21+. The first-order valence-corrected chi connectivity index (χ1v) is 10.3. The van der Waals surface area contributed by atoms with Gasteiger partial charge in [-0.2, -0.15) is 5.10 Å². The fourth-order valence-corrected chi connectivity index (χ4v) is 3.60. The van der Waals surface area contributed by atoms with Crippen LogP contribution in [0.2, 0.25) is 0 Å². The summed E-state index contributed by atoms with van der Waals surface area (Å²) >= 11 is 3.42. The minimum atomic E-state index is -0.213. The number of ether oxygens (including phenoxy) is 1. The van der Waals surface area contributed by atoms with E-state index in [1.165, 1.54) is 0 Å². The number of aliphatic imine (C=N–C) groups is 1. The summed E-state index contributed by atoms with van der Waals surface area (Å²) in [6.45, 7) is 4.82. The van der Waals surface area contributed by atoms with E-state index in [4.69, 9.17) is 20.6 Å². The van der Waals surface area contributed by atoms with Crippen molar-refractivity contribution in [2.24, 2.45) is 4.99 Å². The van der Waals surface area contributed by atoms with Gasteiger partial charge < -0.3 is 15.4 Å². The predicted molar refractivity (Wildman–Crippen MR) is 118 cm³/mol. The topological polar surface area (TPSA) is 81.6 Å². The zero-order valence-electron chi connectivity index (χ0n) is 16.2. The summed E-state index contributed by atoms with van der Waals surface area (Å²) in [5.74, 6) is 0.766. The predicted octanol–water partition coefficient (Wildman–Crippen LogP) is 3.59. The van der Waals surface area contributed by atoms with Crippen molar-refractivity contribution in [2.45, 2.75) is 13.1 Å². The van der Waals surface area contributed by atoms with E-state index in [9.17, 15) is 0 Å². The molecule has 1 aromatic carbocycles. The van der Waals surface area contributed by atoms with Gasteiger partial charge in [-0.15, -0.1) is 0 Å². The molecule has 2 N–H and O–H groups in total. The highest BCUT2D eigenvalue weighted by Crippen LogP contribution is 2.22. The van der Waals surface area contributed by atoms with Gasteiger partial charge in [0.2, 0.25) is 0 Å². The lowest BCUT2D eigenvalue weighted by Crippen LogP contribution is -2.42. The number of rotatable bonds is 4. The lowest BCUT2D eigenvalue weighted by molar-refractivity contribution is 0.0679. The number of hydrogen-bond acceptors (Lipinski definition) is 5. The molecule has 29 heavy (non-hydrogen) atoms. The number of benzene rings is 1. The van der Waals surface area contributed by atoms with Crippen molar-refractivity contribution < 1.29 is 4.74 Å². The third-order valence-electron chi connectivity index (χ3n) is 4.78. The fourth-order valence-electron chi connectivity index (χ4n) is 3.25. The van der Waals surface area contributed by atoms with Crippen LogP contribution in [0, 0.1) is 0 Å². The Morgan fingerprint density at radius 3 is 2.69 bits per heavy atom. The number of hydrogen-bond donors (Lipinski definition) is 1. The minimum Gasteiger partial charge on any atom is -0.397 e. The molecular weight excluding hydrogens is 432 g/mol. The van der Waals surface area contributed by atoms with Crippen LogP contribution in [0.4, 0.5) is 5.69 Å². The Morgan fingerprint density at radius 2 is 1.97 bits per heavy atom. The first-order valence-electron chi connectivity index (χ1n) is 9.54. The van der Waals surface area contributed by atoms with Gasteiger partial charge in [-0.1, -0.05) is 30.3 Å². The smallest absolute Gasteiger partial charge is 0.154 e. The average Bonchev–Trinajstić information content (AvgIpc) is 3.24. The molecule has 1 fully saturated rings. The number of halogens is 1. The second kappa shape index (κ2) is 8.75. The van der Waals surface area contributed by atoms with E-state index in [0.717, 1.165) is 34.7 Å². The number of morpholine rings is 1. The van der Waals surface area contributed by atoms with Crippen LogP contribution in [0.25, 0.3) is 11.3 Å². The molecule has 4 rings (SSSR count). The van der Waals surface area contributed by atoms with Crippen LogP contribution >= 0.6 is 15.9 Å². The SMILES string of the molecule is CC(/N=C(\c1ncc(Br)cc1N)N1CCOCC1)n1ccc(-c2ccccc2)n1. The Labute approximate surface area is 178 Å². The van der Waals surface area contributed by atoms with Gasteiger partial charge in [-0.3, -0.25) is 0 Å². The molecule has 0 spiro atoms. The molecule has 2 aromatic heterocycles. The number of pyridine rings is 1. The van der Waals surface area contributed by atoms with Gasteiger partial charge in [0.15, 0.2) is 5.84 Å². The monoisotopic (exact) mass is 454 g/mol. The number of amidine groups is 1. The van der Waals surface area contributed by atoms with Gasteiger partial charge in [0, 0.05) is 35.5 Å². The molecule has 0 bridgehead atoms. The Bertz CT molecular complexity index is 997. The fraction of sp³-hybridized carbons (Fsp3) is 0.286. The second-order valence-corrected chi connectivity index (χ2v) is 7.74. The lowest BCUT2D eigenvalue weighted by atomic mass is 10.2. The van der Waals surface area contributed by atoms with E-state index < -0.39 is 0 Å². The Hall–Kier alpha value is -2.71.